The van der Waals surface area contributed by atoms with Crippen LogP contribution in [0.25, 0.3) is 32.9 Å². The highest BCUT2D eigenvalue weighted by Crippen LogP contribution is 2.43. The van der Waals surface area contributed by atoms with Gasteiger partial charge in [-0.2, -0.15) is 9.97 Å². The fourth-order valence-corrected chi connectivity index (χ4v) is 8.29. The molecule has 8 nitrogen and oxygen atoms in total. The lowest BCUT2D eigenvalue weighted by atomic mass is 9.94. The molecule has 8 rings (SSSR count). The molecule has 0 radical (unpaired) electrons. The van der Waals surface area contributed by atoms with Crippen molar-refractivity contribution in [2.45, 2.75) is 50.2 Å². The number of aliphatic hydroxyl groups is 1. The van der Waals surface area contributed by atoms with E-state index in [0.717, 1.165) is 51.6 Å². The van der Waals surface area contributed by atoms with Gasteiger partial charge in [-0.1, -0.05) is 12.0 Å². The van der Waals surface area contributed by atoms with Crippen molar-refractivity contribution in [3.05, 3.63) is 47.7 Å². The quantitative estimate of drug-likeness (QED) is 0.310. The molecule has 226 valence electrons. The van der Waals surface area contributed by atoms with Crippen molar-refractivity contribution in [3.8, 4) is 35.4 Å². The molecule has 44 heavy (non-hydrogen) atoms. The molecular weight excluding hydrogens is 564 g/mol. The standard InChI is InChI=1S/C34H33F2N5O3/c1-2-23-26(35)8-7-19-13-22(42)14-24(27(19)23)29-28(36)30-25(15-37-29)32(40-16-20-5-6-21(17-40)31(20)43)39-33(38-30)44-18-34-9-3-11-41(34)12-4-10-34/h1,7-8,13-15,20-21,31,42-43H,3-6,9-12,16-18H2. The third kappa shape index (κ3) is 4.20. The van der Waals surface area contributed by atoms with Crippen molar-refractivity contribution >= 4 is 27.5 Å². The molecule has 2 bridgehead atoms. The maximum Gasteiger partial charge on any atom is 0.319 e. The molecule has 0 amide bonds. The van der Waals surface area contributed by atoms with Crippen LogP contribution in [0.4, 0.5) is 14.6 Å². The Morgan fingerprint density at radius 2 is 1.82 bits per heavy atom. The number of rotatable bonds is 5. The van der Waals surface area contributed by atoms with Crippen LogP contribution >= 0.6 is 0 Å². The van der Waals surface area contributed by atoms with Crippen LogP contribution < -0.4 is 9.64 Å². The molecule has 4 aromatic rings. The fraction of sp³-hybridized carbons (Fsp3) is 0.441. The molecular formula is C34H33F2N5O3. The Kier molecular flexibility index (Phi) is 6.40. The van der Waals surface area contributed by atoms with E-state index in [4.69, 9.17) is 16.1 Å². The summed E-state index contributed by atoms with van der Waals surface area (Å²) in [6.45, 7) is 3.70. The first-order valence-corrected chi connectivity index (χ1v) is 15.4. The zero-order chi connectivity index (χ0) is 30.2. The Labute approximate surface area is 253 Å². The maximum absolute atomic E-state index is 16.8. The second-order valence-corrected chi connectivity index (χ2v) is 12.9. The van der Waals surface area contributed by atoms with E-state index >= 15 is 4.39 Å². The molecule has 1 saturated carbocycles. The lowest BCUT2D eigenvalue weighted by Crippen LogP contribution is -2.45. The number of anilines is 1. The number of phenols is 1. The van der Waals surface area contributed by atoms with E-state index < -0.39 is 11.6 Å². The molecule has 2 aromatic carbocycles. The minimum absolute atomic E-state index is 0.0239. The number of benzene rings is 2. The van der Waals surface area contributed by atoms with Crippen LogP contribution in [-0.2, 0) is 0 Å². The zero-order valence-electron chi connectivity index (χ0n) is 24.3. The van der Waals surface area contributed by atoms with E-state index in [2.05, 4.69) is 25.7 Å². The first kappa shape index (κ1) is 27.5. The fourth-order valence-electron chi connectivity index (χ4n) is 8.29. The number of halogens is 2. The third-order valence-corrected chi connectivity index (χ3v) is 10.5. The number of piperidine rings is 1. The van der Waals surface area contributed by atoms with Gasteiger partial charge in [0.1, 0.15) is 35.2 Å². The van der Waals surface area contributed by atoms with Crippen molar-refractivity contribution in [1.29, 1.82) is 0 Å². The summed E-state index contributed by atoms with van der Waals surface area (Å²) in [5, 5.41) is 22.4. The number of pyridine rings is 1. The predicted molar refractivity (Wildman–Crippen MR) is 162 cm³/mol. The second-order valence-electron chi connectivity index (χ2n) is 12.9. The number of phenolic OH excluding ortho intramolecular Hbond substituents is 1. The Morgan fingerprint density at radius 3 is 2.55 bits per heavy atom. The van der Waals surface area contributed by atoms with Crippen molar-refractivity contribution in [3.63, 3.8) is 0 Å². The average Bonchev–Trinajstić information content (AvgIpc) is 3.65. The largest absolute Gasteiger partial charge is 0.508 e. The Balaban J connectivity index is 1.28. The molecule has 3 aliphatic heterocycles. The number of aromatic nitrogens is 3. The molecule has 2 unspecified atom stereocenters. The normalized spacial score (nSPS) is 24.2. The van der Waals surface area contributed by atoms with Crippen LogP contribution in [-0.4, -0.2) is 74.5 Å². The number of ether oxygens (including phenoxy) is 1. The SMILES string of the molecule is C#Cc1c(F)ccc2cc(O)cc(-c3ncc4c(N5CC6CCC(C5)C6O)nc(OCC56CCCN5CCC6)nc4c3F)c12. The van der Waals surface area contributed by atoms with E-state index in [1.54, 1.807) is 0 Å². The molecule has 0 spiro atoms. The van der Waals surface area contributed by atoms with Crippen LogP contribution in [0.1, 0.15) is 44.1 Å². The summed E-state index contributed by atoms with van der Waals surface area (Å²) in [5.74, 6) is 1.64. The van der Waals surface area contributed by atoms with Gasteiger partial charge in [0.2, 0.25) is 0 Å². The summed E-state index contributed by atoms with van der Waals surface area (Å²) in [6.07, 6.45) is 13.0. The van der Waals surface area contributed by atoms with Crippen molar-refractivity contribution in [1.82, 2.24) is 19.9 Å². The number of terminal acetylenes is 1. The third-order valence-electron chi connectivity index (χ3n) is 10.5. The van der Waals surface area contributed by atoms with E-state index in [1.807, 2.05) is 0 Å². The Bertz CT molecular complexity index is 1840. The summed E-state index contributed by atoms with van der Waals surface area (Å²) in [6, 6.07) is 5.61. The van der Waals surface area contributed by atoms with Crippen molar-refractivity contribution in [2.75, 3.05) is 37.7 Å². The van der Waals surface area contributed by atoms with E-state index in [-0.39, 0.29) is 63.0 Å². The van der Waals surface area contributed by atoms with Crippen LogP contribution in [0.15, 0.2) is 30.5 Å². The van der Waals surface area contributed by atoms with Gasteiger partial charge in [-0.3, -0.25) is 9.88 Å². The number of hydrogen-bond donors (Lipinski definition) is 2. The minimum Gasteiger partial charge on any atom is -0.508 e. The molecule has 2 atom stereocenters. The highest BCUT2D eigenvalue weighted by molar-refractivity contribution is 6.03. The van der Waals surface area contributed by atoms with Crippen molar-refractivity contribution in [2.24, 2.45) is 11.8 Å². The lowest BCUT2D eigenvalue weighted by Gasteiger charge is -2.36. The number of aromatic hydroxyl groups is 1. The number of hydrogen-bond acceptors (Lipinski definition) is 8. The Morgan fingerprint density at radius 1 is 1.07 bits per heavy atom. The summed E-state index contributed by atoms with van der Waals surface area (Å²) < 4.78 is 37.9. The molecule has 5 heterocycles. The number of aliphatic hydroxyl groups excluding tert-OH is 1. The van der Waals surface area contributed by atoms with Crippen LogP contribution in [0.5, 0.6) is 11.8 Å². The van der Waals surface area contributed by atoms with Crippen LogP contribution in [0, 0.1) is 35.8 Å². The summed E-state index contributed by atoms with van der Waals surface area (Å²) in [5.41, 5.74) is -0.00624. The smallest absolute Gasteiger partial charge is 0.319 e. The summed E-state index contributed by atoms with van der Waals surface area (Å²) in [4.78, 5) is 18.5. The first-order chi connectivity index (χ1) is 21.3. The lowest BCUT2D eigenvalue weighted by molar-refractivity contribution is 0.0790. The second kappa shape index (κ2) is 10.2. The highest BCUT2D eigenvalue weighted by Gasteiger charge is 2.45. The highest BCUT2D eigenvalue weighted by atomic mass is 19.1. The topological polar surface area (TPSA) is 94.8 Å². The van der Waals surface area contributed by atoms with Gasteiger partial charge in [0.15, 0.2) is 5.82 Å². The predicted octanol–water partition coefficient (Wildman–Crippen LogP) is 5.02. The van der Waals surface area contributed by atoms with Crippen LogP contribution in [0.2, 0.25) is 0 Å². The van der Waals surface area contributed by atoms with Crippen molar-refractivity contribution < 1.29 is 23.7 Å². The molecule has 2 N–H and O–H groups in total. The van der Waals surface area contributed by atoms with Gasteiger partial charge < -0.3 is 19.8 Å². The summed E-state index contributed by atoms with van der Waals surface area (Å²) in [7, 11) is 0. The first-order valence-electron chi connectivity index (χ1n) is 15.4. The van der Waals surface area contributed by atoms with E-state index in [0.29, 0.717) is 36.3 Å². The molecule has 10 heteroatoms. The van der Waals surface area contributed by atoms with E-state index in [1.165, 1.54) is 30.5 Å². The van der Waals surface area contributed by atoms with Gasteiger partial charge in [0.05, 0.1) is 22.6 Å². The Hall–Kier alpha value is -4.07. The molecule has 4 aliphatic rings. The van der Waals surface area contributed by atoms with Gasteiger partial charge in [-0.05, 0) is 75.2 Å². The number of nitrogens with zero attached hydrogens (tertiary/aromatic N) is 5. The van der Waals surface area contributed by atoms with Gasteiger partial charge in [-0.15, -0.1) is 6.42 Å². The molecule has 4 fully saturated rings. The van der Waals surface area contributed by atoms with Gasteiger partial charge in [-0.25, -0.2) is 8.78 Å². The number of fused-ring (bicyclic) bond motifs is 5. The van der Waals surface area contributed by atoms with Gasteiger partial charge in [0.25, 0.3) is 0 Å². The van der Waals surface area contributed by atoms with Gasteiger partial charge in [0, 0.05) is 42.1 Å². The maximum atomic E-state index is 16.8. The zero-order valence-corrected chi connectivity index (χ0v) is 24.3. The van der Waals surface area contributed by atoms with Crippen LogP contribution in [0.3, 0.4) is 0 Å². The molecule has 3 saturated heterocycles. The molecule has 2 aromatic heterocycles. The summed E-state index contributed by atoms with van der Waals surface area (Å²) >= 11 is 0. The molecule has 1 aliphatic carbocycles. The monoisotopic (exact) mass is 597 g/mol. The minimum atomic E-state index is -0.739. The van der Waals surface area contributed by atoms with Gasteiger partial charge >= 0.3 is 6.01 Å². The van der Waals surface area contributed by atoms with E-state index in [9.17, 15) is 14.6 Å². The average molecular weight is 598 g/mol.